The van der Waals surface area contributed by atoms with E-state index in [-0.39, 0.29) is 5.56 Å². The van der Waals surface area contributed by atoms with E-state index in [9.17, 15) is 9.90 Å². The lowest BCUT2D eigenvalue weighted by atomic mass is 10.0. The van der Waals surface area contributed by atoms with E-state index in [1.54, 1.807) is 24.4 Å². The Morgan fingerprint density at radius 3 is 2.61 bits per heavy atom. The standard InChI is InChI=1S/C22H26N4O2/c1-3-5-10-20-24-21(26(25-20)13-4-2)14-17-12-11-16(15-23-17)18-8-6-7-9-19(18)22(27)28/h6-9,11-12,15H,3-5,10,13-14H2,1-2H3,(H,27,28). The van der Waals surface area contributed by atoms with Crippen LogP contribution in [-0.2, 0) is 19.4 Å². The van der Waals surface area contributed by atoms with Crippen molar-refractivity contribution in [1.82, 2.24) is 19.7 Å². The monoisotopic (exact) mass is 378 g/mol. The van der Waals surface area contributed by atoms with E-state index in [4.69, 9.17) is 4.98 Å². The molecule has 0 amide bonds. The molecule has 0 bridgehead atoms. The lowest BCUT2D eigenvalue weighted by Crippen LogP contribution is -2.07. The van der Waals surface area contributed by atoms with Crippen LogP contribution in [0.5, 0.6) is 0 Å². The summed E-state index contributed by atoms with van der Waals surface area (Å²) in [5.41, 5.74) is 2.63. The number of hydrogen-bond donors (Lipinski definition) is 1. The van der Waals surface area contributed by atoms with Gasteiger partial charge in [0.1, 0.15) is 5.82 Å². The molecule has 0 unspecified atom stereocenters. The van der Waals surface area contributed by atoms with E-state index < -0.39 is 5.97 Å². The molecule has 0 aliphatic carbocycles. The van der Waals surface area contributed by atoms with Crippen molar-refractivity contribution in [2.45, 2.75) is 52.5 Å². The van der Waals surface area contributed by atoms with Crippen molar-refractivity contribution in [3.63, 3.8) is 0 Å². The van der Waals surface area contributed by atoms with E-state index >= 15 is 0 Å². The number of carboxylic acids is 1. The van der Waals surface area contributed by atoms with Crippen LogP contribution in [0.15, 0.2) is 42.6 Å². The summed E-state index contributed by atoms with van der Waals surface area (Å²) in [6.07, 6.45) is 6.46. The molecule has 3 rings (SSSR count). The molecule has 3 aromatic rings. The molecule has 0 saturated carbocycles. The summed E-state index contributed by atoms with van der Waals surface area (Å²) >= 11 is 0. The molecule has 0 atom stereocenters. The van der Waals surface area contributed by atoms with E-state index in [0.717, 1.165) is 55.1 Å². The van der Waals surface area contributed by atoms with Gasteiger partial charge in [-0.1, -0.05) is 44.5 Å². The highest BCUT2D eigenvalue weighted by Gasteiger charge is 2.13. The van der Waals surface area contributed by atoms with E-state index in [0.29, 0.717) is 12.0 Å². The number of rotatable bonds is 9. The number of carbonyl (C=O) groups is 1. The first-order chi connectivity index (χ1) is 13.6. The molecule has 6 heteroatoms. The van der Waals surface area contributed by atoms with Crippen LogP contribution in [-0.4, -0.2) is 30.8 Å². The maximum absolute atomic E-state index is 11.4. The highest BCUT2D eigenvalue weighted by atomic mass is 16.4. The fraction of sp³-hybridized carbons (Fsp3) is 0.364. The van der Waals surface area contributed by atoms with Gasteiger partial charge in [0, 0.05) is 36.8 Å². The Balaban J connectivity index is 1.81. The molecule has 1 aromatic carbocycles. The van der Waals surface area contributed by atoms with E-state index in [2.05, 4.69) is 23.9 Å². The van der Waals surface area contributed by atoms with Crippen LogP contribution in [0.25, 0.3) is 11.1 Å². The number of aromatic nitrogens is 4. The SMILES string of the molecule is CCCCc1nc(Cc2ccc(-c3ccccc3C(=O)O)cn2)n(CCC)n1. The minimum absolute atomic E-state index is 0.278. The van der Waals surface area contributed by atoms with Crippen LogP contribution in [0.2, 0.25) is 0 Å². The maximum atomic E-state index is 11.4. The molecule has 0 aliphatic rings. The Hall–Kier alpha value is -3.02. The van der Waals surface area contributed by atoms with Gasteiger partial charge in [-0.05, 0) is 30.5 Å². The first kappa shape index (κ1) is 19.7. The van der Waals surface area contributed by atoms with Crippen molar-refractivity contribution in [1.29, 1.82) is 0 Å². The second kappa shape index (κ2) is 9.26. The summed E-state index contributed by atoms with van der Waals surface area (Å²) in [7, 11) is 0. The van der Waals surface area contributed by atoms with Gasteiger partial charge in [-0.2, -0.15) is 5.10 Å². The van der Waals surface area contributed by atoms with Gasteiger partial charge in [0.15, 0.2) is 5.82 Å². The molecule has 28 heavy (non-hydrogen) atoms. The third-order valence-electron chi connectivity index (χ3n) is 4.61. The normalized spacial score (nSPS) is 10.9. The largest absolute Gasteiger partial charge is 0.478 e. The summed E-state index contributed by atoms with van der Waals surface area (Å²) in [5.74, 6) is 0.892. The Labute approximate surface area is 165 Å². The molecule has 0 spiro atoms. The van der Waals surface area contributed by atoms with Crippen molar-refractivity contribution in [2.75, 3.05) is 0 Å². The Bertz CT molecular complexity index is 932. The molecule has 0 aliphatic heterocycles. The molecule has 0 saturated heterocycles. The van der Waals surface area contributed by atoms with Gasteiger partial charge in [0.05, 0.1) is 5.56 Å². The van der Waals surface area contributed by atoms with Gasteiger partial charge in [-0.15, -0.1) is 0 Å². The maximum Gasteiger partial charge on any atom is 0.336 e. The Kier molecular flexibility index (Phi) is 6.53. The number of aromatic carboxylic acids is 1. The highest BCUT2D eigenvalue weighted by Crippen LogP contribution is 2.23. The summed E-state index contributed by atoms with van der Waals surface area (Å²) in [6, 6.07) is 10.8. The predicted molar refractivity (Wildman–Crippen MR) is 108 cm³/mol. The third kappa shape index (κ3) is 4.63. The van der Waals surface area contributed by atoms with Crippen LogP contribution in [0, 0.1) is 0 Å². The molecular formula is C22H26N4O2. The third-order valence-corrected chi connectivity index (χ3v) is 4.61. The van der Waals surface area contributed by atoms with Crippen molar-refractivity contribution in [3.8, 4) is 11.1 Å². The summed E-state index contributed by atoms with van der Waals surface area (Å²) < 4.78 is 1.99. The van der Waals surface area contributed by atoms with Crippen LogP contribution >= 0.6 is 0 Å². The smallest absolute Gasteiger partial charge is 0.336 e. The van der Waals surface area contributed by atoms with Gasteiger partial charge in [0.2, 0.25) is 0 Å². The molecule has 0 fully saturated rings. The number of benzene rings is 1. The predicted octanol–water partition coefficient (Wildman–Crippen LogP) is 4.38. The van der Waals surface area contributed by atoms with Crippen molar-refractivity contribution >= 4 is 5.97 Å². The minimum atomic E-state index is -0.938. The number of nitrogens with zero attached hydrogens (tertiary/aromatic N) is 4. The zero-order valence-corrected chi connectivity index (χ0v) is 16.4. The molecular weight excluding hydrogens is 352 g/mol. The second-order valence-electron chi connectivity index (χ2n) is 6.84. The van der Waals surface area contributed by atoms with Gasteiger partial charge in [-0.3, -0.25) is 4.98 Å². The van der Waals surface area contributed by atoms with Crippen LogP contribution < -0.4 is 0 Å². The lowest BCUT2D eigenvalue weighted by molar-refractivity contribution is 0.0697. The molecule has 1 N–H and O–H groups in total. The fourth-order valence-corrected chi connectivity index (χ4v) is 3.16. The van der Waals surface area contributed by atoms with Gasteiger partial charge in [-0.25, -0.2) is 14.5 Å². The first-order valence-electron chi connectivity index (χ1n) is 9.82. The van der Waals surface area contributed by atoms with Crippen molar-refractivity contribution < 1.29 is 9.90 Å². The van der Waals surface area contributed by atoms with Crippen LogP contribution in [0.4, 0.5) is 0 Å². The quantitative estimate of drug-likeness (QED) is 0.597. The molecule has 2 heterocycles. The number of pyridine rings is 1. The van der Waals surface area contributed by atoms with Gasteiger partial charge in [0.25, 0.3) is 0 Å². The fourth-order valence-electron chi connectivity index (χ4n) is 3.16. The minimum Gasteiger partial charge on any atom is -0.478 e. The Morgan fingerprint density at radius 1 is 1.11 bits per heavy atom. The average Bonchev–Trinajstić information content (AvgIpc) is 3.08. The highest BCUT2D eigenvalue weighted by molar-refractivity contribution is 5.95. The number of hydrogen-bond acceptors (Lipinski definition) is 4. The lowest BCUT2D eigenvalue weighted by Gasteiger charge is -2.07. The molecule has 0 radical (unpaired) electrons. The molecule has 146 valence electrons. The second-order valence-corrected chi connectivity index (χ2v) is 6.84. The van der Waals surface area contributed by atoms with Gasteiger partial charge < -0.3 is 5.11 Å². The number of aryl methyl sites for hydroxylation is 2. The zero-order chi connectivity index (χ0) is 19.9. The summed E-state index contributed by atoms with van der Waals surface area (Å²) in [6.45, 7) is 5.14. The number of unbranched alkanes of at least 4 members (excludes halogenated alkanes) is 1. The summed E-state index contributed by atoms with van der Waals surface area (Å²) in [5, 5.41) is 14.0. The van der Waals surface area contributed by atoms with Crippen LogP contribution in [0.1, 0.15) is 60.8 Å². The van der Waals surface area contributed by atoms with Crippen molar-refractivity contribution in [2.24, 2.45) is 0 Å². The summed E-state index contributed by atoms with van der Waals surface area (Å²) in [4.78, 5) is 20.7. The van der Waals surface area contributed by atoms with Crippen LogP contribution in [0.3, 0.4) is 0 Å². The van der Waals surface area contributed by atoms with E-state index in [1.807, 2.05) is 22.9 Å². The zero-order valence-electron chi connectivity index (χ0n) is 16.4. The average molecular weight is 378 g/mol. The van der Waals surface area contributed by atoms with E-state index in [1.165, 1.54) is 0 Å². The van der Waals surface area contributed by atoms with Crippen molar-refractivity contribution in [3.05, 3.63) is 65.5 Å². The first-order valence-corrected chi connectivity index (χ1v) is 9.82. The topological polar surface area (TPSA) is 80.9 Å². The molecule has 6 nitrogen and oxygen atoms in total. The number of carboxylic acid groups (broad SMARTS) is 1. The molecule has 2 aromatic heterocycles. The Morgan fingerprint density at radius 2 is 1.93 bits per heavy atom. The van der Waals surface area contributed by atoms with Gasteiger partial charge >= 0.3 is 5.97 Å².